The Balaban J connectivity index is 2.15. The Morgan fingerprint density at radius 2 is 1.83 bits per heavy atom. The summed E-state index contributed by atoms with van der Waals surface area (Å²) >= 11 is 0. The molecule has 0 saturated carbocycles. The van der Waals surface area contributed by atoms with Gasteiger partial charge in [0.1, 0.15) is 0 Å². The largest absolute Gasteiger partial charge is 0.396 e. The minimum Gasteiger partial charge on any atom is -0.396 e. The normalized spacial score (nSPS) is 11.6. The van der Waals surface area contributed by atoms with Crippen LogP contribution in [-0.4, -0.2) is 35.5 Å². The van der Waals surface area contributed by atoms with Crippen molar-refractivity contribution in [2.75, 3.05) is 19.0 Å². The number of rotatable bonds is 6. The van der Waals surface area contributed by atoms with Crippen molar-refractivity contribution in [3.63, 3.8) is 0 Å². The van der Waals surface area contributed by atoms with Gasteiger partial charge in [0, 0.05) is 24.9 Å². The van der Waals surface area contributed by atoms with Crippen LogP contribution >= 0.6 is 0 Å². The Morgan fingerprint density at radius 3 is 2.46 bits per heavy atom. The van der Waals surface area contributed by atoms with E-state index in [1.165, 1.54) is 6.92 Å². The van der Waals surface area contributed by atoms with E-state index in [0.717, 1.165) is 5.56 Å². The standard InChI is InChI=1S/C19H22N2O3/c1-14(23)16-9-6-10-17(13-16)20-19(24)21(2)18(11-12-22)15-7-4-3-5-8-15/h3-10,13,18,22H,11-12H2,1-2H3,(H,20,24)/t18-/m1/s1. The molecule has 5 heteroatoms. The topological polar surface area (TPSA) is 69.6 Å². The highest BCUT2D eigenvalue weighted by atomic mass is 16.3. The molecule has 5 nitrogen and oxygen atoms in total. The summed E-state index contributed by atoms with van der Waals surface area (Å²) in [5.74, 6) is -0.0538. The number of hydrogen-bond acceptors (Lipinski definition) is 3. The van der Waals surface area contributed by atoms with E-state index in [1.54, 1.807) is 36.2 Å². The molecule has 24 heavy (non-hydrogen) atoms. The van der Waals surface area contributed by atoms with Crippen LogP contribution < -0.4 is 5.32 Å². The van der Waals surface area contributed by atoms with Gasteiger partial charge in [-0.05, 0) is 31.0 Å². The second kappa shape index (κ2) is 8.26. The van der Waals surface area contributed by atoms with E-state index in [4.69, 9.17) is 0 Å². The first-order valence-electron chi connectivity index (χ1n) is 7.83. The lowest BCUT2D eigenvalue weighted by Crippen LogP contribution is -2.35. The predicted octanol–water partition coefficient (Wildman–Crippen LogP) is 3.48. The smallest absolute Gasteiger partial charge is 0.322 e. The van der Waals surface area contributed by atoms with Gasteiger partial charge < -0.3 is 15.3 Å². The summed E-state index contributed by atoms with van der Waals surface area (Å²) < 4.78 is 0. The van der Waals surface area contributed by atoms with Crippen LogP contribution in [-0.2, 0) is 0 Å². The van der Waals surface area contributed by atoms with Crippen molar-refractivity contribution in [2.45, 2.75) is 19.4 Å². The van der Waals surface area contributed by atoms with E-state index in [2.05, 4.69) is 5.32 Å². The van der Waals surface area contributed by atoms with Gasteiger partial charge in [0.25, 0.3) is 0 Å². The fourth-order valence-corrected chi connectivity index (χ4v) is 2.55. The van der Waals surface area contributed by atoms with Crippen LogP contribution in [0.3, 0.4) is 0 Å². The maximum atomic E-state index is 12.5. The second-order valence-electron chi connectivity index (χ2n) is 5.62. The van der Waals surface area contributed by atoms with Crippen LogP contribution in [0.5, 0.6) is 0 Å². The van der Waals surface area contributed by atoms with E-state index in [-0.39, 0.29) is 24.5 Å². The lowest BCUT2D eigenvalue weighted by Gasteiger charge is -2.28. The van der Waals surface area contributed by atoms with Crippen molar-refractivity contribution >= 4 is 17.5 Å². The minimum atomic E-state index is -0.294. The number of aliphatic hydroxyl groups excluding tert-OH is 1. The van der Waals surface area contributed by atoms with E-state index in [0.29, 0.717) is 17.7 Å². The van der Waals surface area contributed by atoms with Crippen LogP contribution in [0.1, 0.15) is 35.3 Å². The zero-order chi connectivity index (χ0) is 17.5. The van der Waals surface area contributed by atoms with Gasteiger partial charge in [-0.1, -0.05) is 42.5 Å². The lowest BCUT2D eigenvalue weighted by atomic mass is 10.0. The Kier molecular flexibility index (Phi) is 6.09. The Bertz CT molecular complexity index is 701. The third kappa shape index (κ3) is 4.43. The van der Waals surface area contributed by atoms with Crippen LogP contribution in [0.2, 0.25) is 0 Å². The highest BCUT2D eigenvalue weighted by Crippen LogP contribution is 2.23. The SMILES string of the molecule is CC(=O)c1cccc(NC(=O)N(C)[C@H](CCO)c2ccccc2)c1. The third-order valence-corrected chi connectivity index (χ3v) is 3.90. The number of anilines is 1. The number of carbonyl (C=O) groups excluding carboxylic acids is 2. The summed E-state index contributed by atoms with van der Waals surface area (Å²) in [6.45, 7) is 1.47. The summed E-state index contributed by atoms with van der Waals surface area (Å²) in [6, 6.07) is 15.9. The van der Waals surface area contributed by atoms with Crippen LogP contribution in [0.4, 0.5) is 10.5 Å². The van der Waals surface area contributed by atoms with Gasteiger partial charge in [0.15, 0.2) is 5.78 Å². The first-order chi connectivity index (χ1) is 11.5. The van der Waals surface area contributed by atoms with Gasteiger partial charge >= 0.3 is 6.03 Å². The number of Topliss-reactive ketones (excluding diaryl/α,β-unsaturated/α-hetero) is 1. The molecule has 0 bridgehead atoms. The minimum absolute atomic E-state index is 0.0169. The summed E-state index contributed by atoms with van der Waals surface area (Å²) in [6.07, 6.45) is 0.446. The molecular weight excluding hydrogens is 304 g/mol. The van der Waals surface area contributed by atoms with Crippen molar-refractivity contribution in [1.82, 2.24) is 4.90 Å². The average molecular weight is 326 g/mol. The van der Waals surface area contributed by atoms with Crippen molar-refractivity contribution in [3.8, 4) is 0 Å². The number of ketones is 1. The number of aliphatic hydroxyl groups is 1. The number of hydrogen-bond donors (Lipinski definition) is 2. The summed E-state index contributed by atoms with van der Waals surface area (Å²) in [5.41, 5.74) is 2.07. The van der Waals surface area contributed by atoms with E-state index < -0.39 is 0 Å². The maximum absolute atomic E-state index is 12.5. The van der Waals surface area contributed by atoms with Crippen LogP contribution in [0.15, 0.2) is 54.6 Å². The molecule has 2 N–H and O–H groups in total. The lowest BCUT2D eigenvalue weighted by molar-refractivity contribution is 0.101. The van der Waals surface area contributed by atoms with Crippen LogP contribution in [0.25, 0.3) is 0 Å². The molecule has 0 aliphatic heterocycles. The molecule has 2 aromatic rings. The van der Waals surface area contributed by atoms with Gasteiger partial charge in [-0.25, -0.2) is 4.79 Å². The Hall–Kier alpha value is -2.66. The molecule has 0 saturated heterocycles. The maximum Gasteiger partial charge on any atom is 0.322 e. The first kappa shape index (κ1) is 17.7. The monoisotopic (exact) mass is 326 g/mol. The highest BCUT2D eigenvalue weighted by molar-refractivity contribution is 5.96. The molecule has 0 aliphatic carbocycles. The molecule has 0 aromatic heterocycles. The zero-order valence-electron chi connectivity index (χ0n) is 13.9. The number of nitrogens with one attached hydrogen (secondary N) is 1. The molecule has 2 aromatic carbocycles. The Morgan fingerprint density at radius 1 is 1.12 bits per heavy atom. The molecule has 0 spiro atoms. The number of nitrogens with zero attached hydrogens (tertiary/aromatic N) is 1. The van der Waals surface area contributed by atoms with E-state index >= 15 is 0 Å². The molecule has 0 unspecified atom stereocenters. The van der Waals surface area contributed by atoms with E-state index in [9.17, 15) is 14.7 Å². The highest BCUT2D eigenvalue weighted by Gasteiger charge is 2.21. The molecule has 126 valence electrons. The summed E-state index contributed by atoms with van der Waals surface area (Å²) in [4.78, 5) is 25.5. The predicted molar refractivity (Wildman–Crippen MR) is 94.1 cm³/mol. The van der Waals surface area contributed by atoms with Crippen molar-refractivity contribution in [1.29, 1.82) is 0 Å². The van der Waals surface area contributed by atoms with Crippen molar-refractivity contribution < 1.29 is 14.7 Å². The average Bonchev–Trinajstić information content (AvgIpc) is 2.60. The fourth-order valence-electron chi connectivity index (χ4n) is 2.55. The molecule has 1 atom stereocenters. The molecule has 2 amide bonds. The van der Waals surface area contributed by atoms with E-state index in [1.807, 2.05) is 30.3 Å². The number of urea groups is 1. The van der Waals surface area contributed by atoms with Crippen LogP contribution in [0, 0.1) is 0 Å². The number of carbonyl (C=O) groups is 2. The molecule has 0 radical (unpaired) electrons. The van der Waals surface area contributed by atoms with Gasteiger partial charge in [0.05, 0.1) is 6.04 Å². The summed E-state index contributed by atoms with van der Waals surface area (Å²) in [5, 5.41) is 12.1. The Labute approximate surface area is 141 Å². The molecular formula is C19H22N2O3. The second-order valence-corrected chi connectivity index (χ2v) is 5.62. The van der Waals surface area contributed by atoms with Gasteiger partial charge in [-0.15, -0.1) is 0 Å². The molecule has 0 fully saturated rings. The summed E-state index contributed by atoms with van der Waals surface area (Å²) in [7, 11) is 1.69. The molecule has 0 aliphatic rings. The van der Waals surface area contributed by atoms with Gasteiger partial charge in [0.2, 0.25) is 0 Å². The zero-order valence-corrected chi connectivity index (χ0v) is 13.9. The number of benzene rings is 2. The van der Waals surface area contributed by atoms with Gasteiger partial charge in [-0.3, -0.25) is 4.79 Å². The number of amides is 2. The van der Waals surface area contributed by atoms with Crippen molar-refractivity contribution in [2.24, 2.45) is 0 Å². The molecule has 2 rings (SSSR count). The quantitative estimate of drug-likeness (QED) is 0.799. The first-order valence-corrected chi connectivity index (χ1v) is 7.83. The fraction of sp³-hybridized carbons (Fsp3) is 0.263. The third-order valence-electron chi connectivity index (χ3n) is 3.90. The van der Waals surface area contributed by atoms with Gasteiger partial charge in [-0.2, -0.15) is 0 Å². The van der Waals surface area contributed by atoms with Crippen molar-refractivity contribution in [3.05, 3.63) is 65.7 Å². The molecule has 0 heterocycles.